The normalized spacial score (nSPS) is 11.6. The van der Waals surface area contributed by atoms with E-state index in [9.17, 15) is 0 Å². The summed E-state index contributed by atoms with van der Waals surface area (Å²) in [4.78, 5) is 0. The maximum Gasteiger partial charge on any atom is 0.256 e. The van der Waals surface area contributed by atoms with Crippen molar-refractivity contribution >= 4 is 0 Å². The second-order valence-electron chi connectivity index (χ2n) is 13.7. The third-order valence-corrected chi connectivity index (χ3v) is 9.66. The molecule has 0 amide bonds. The summed E-state index contributed by atoms with van der Waals surface area (Å²) in [5.41, 5.74) is 0. The molecule has 2 heteroatoms. The van der Waals surface area contributed by atoms with Crippen LogP contribution in [0.25, 0.3) is 0 Å². The summed E-state index contributed by atoms with van der Waals surface area (Å²) in [6.07, 6.45) is 50.6. The smallest absolute Gasteiger partial charge is 0.234 e. The van der Waals surface area contributed by atoms with Gasteiger partial charge in [-0.05, 0) is 25.7 Å². The van der Waals surface area contributed by atoms with Crippen molar-refractivity contribution in [1.82, 2.24) is 4.57 Å². The molecule has 0 aromatic carbocycles. The molecular weight excluding hydrogens is 508 g/mol. The Balaban J connectivity index is 1.92. The van der Waals surface area contributed by atoms with Crippen LogP contribution in [0.15, 0.2) is 12.4 Å². The minimum atomic E-state index is 1.16. The number of rotatable bonds is 34. The zero-order valence-electron chi connectivity index (χ0n) is 29.6. The van der Waals surface area contributed by atoms with Crippen molar-refractivity contribution in [3.05, 3.63) is 18.2 Å². The second kappa shape index (κ2) is 31.6. The van der Waals surface area contributed by atoms with Gasteiger partial charge in [0, 0.05) is 6.42 Å². The average Bonchev–Trinajstić information content (AvgIpc) is 3.40. The number of unbranched alkanes of at least 4 members (excludes halogenated alkanes) is 29. The van der Waals surface area contributed by atoms with Crippen LogP contribution in [-0.4, -0.2) is 4.57 Å². The van der Waals surface area contributed by atoms with Crippen molar-refractivity contribution in [2.75, 3.05) is 0 Å². The molecule has 1 rings (SSSR count). The molecule has 0 bridgehead atoms. The van der Waals surface area contributed by atoms with Crippen molar-refractivity contribution in [2.24, 2.45) is 0 Å². The Morgan fingerprint density at radius 2 is 0.714 bits per heavy atom. The monoisotopic (exact) mass is 588 g/mol. The molecule has 1 aromatic rings. The first kappa shape index (κ1) is 39.2. The maximum atomic E-state index is 2.55. The first-order chi connectivity index (χ1) is 20.8. The van der Waals surface area contributed by atoms with E-state index in [0.717, 1.165) is 6.42 Å². The number of aromatic nitrogens is 2. The van der Waals surface area contributed by atoms with Crippen molar-refractivity contribution in [1.29, 1.82) is 0 Å². The van der Waals surface area contributed by atoms with Gasteiger partial charge in [0.1, 0.15) is 12.4 Å². The number of aryl methyl sites for hydroxylation is 2. The van der Waals surface area contributed by atoms with Gasteiger partial charge in [-0.2, -0.15) is 0 Å². The molecule has 42 heavy (non-hydrogen) atoms. The van der Waals surface area contributed by atoms with Crippen LogP contribution in [0, 0.1) is 0 Å². The molecule has 0 aliphatic carbocycles. The second-order valence-corrected chi connectivity index (χ2v) is 13.7. The van der Waals surface area contributed by atoms with E-state index >= 15 is 0 Å². The summed E-state index contributed by atoms with van der Waals surface area (Å²) in [5.74, 6) is 1.54. The van der Waals surface area contributed by atoms with Gasteiger partial charge in [-0.25, -0.2) is 9.13 Å². The highest BCUT2D eigenvalue weighted by Gasteiger charge is 2.14. The third kappa shape index (κ3) is 23.6. The Hall–Kier alpha value is -0.790. The van der Waals surface area contributed by atoms with Crippen LogP contribution in [0.4, 0.5) is 0 Å². The molecule has 0 fully saturated rings. The predicted molar refractivity (Wildman–Crippen MR) is 188 cm³/mol. The highest BCUT2D eigenvalue weighted by Crippen LogP contribution is 2.15. The quantitative estimate of drug-likeness (QED) is 0.0560. The molecular formula is C40H79N2+. The van der Waals surface area contributed by atoms with Crippen LogP contribution in [0.5, 0.6) is 0 Å². The molecule has 0 aliphatic rings. The number of nitrogens with zero attached hydrogens (tertiary/aromatic N) is 2. The zero-order chi connectivity index (χ0) is 30.2. The van der Waals surface area contributed by atoms with E-state index in [2.05, 4.69) is 42.3 Å². The lowest BCUT2D eigenvalue weighted by Gasteiger charge is -2.05. The molecule has 1 aromatic heterocycles. The van der Waals surface area contributed by atoms with Crippen LogP contribution in [-0.2, 0) is 19.5 Å². The number of hydrogen-bond acceptors (Lipinski definition) is 0. The van der Waals surface area contributed by atoms with Gasteiger partial charge in [-0.1, -0.05) is 194 Å². The molecule has 0 saturated heterocycles. The van der Waals surface area contributed by atoms with Crippen molar-refractivity contribution in [3.63, 3.8) is 0 Å². The molecule has 0 spiro atoms. The summed E-state index contributed by atoms with van der Waals surface area (Å²) in [7, 11) is 0. The lowest BCUT2D eigenvalue weighted by atomic mass is 10.0. The minimum absolute atomic E-state index is 1.16. The maximum absolute atomic E-state index is 2.55. The Morgan fingerprint density at radius 1 is 0.405 bits per heavy atom. The van der Waals surface area contributed by atoms with Crippen molar-refractivity contribution in [2.45, 2.75) is 239 Å². The van der Waals surface area contributed by atoms with Crippen LogP contribution < -0.4 is 4.57 Å². The third-order valence-electron chi connectivity index (χ3n) is 9.66. The van der Waals surface area contributed by atoms with E-state index in [4.69, 9.17) is 0 Å². The fourth-order valence-corrected chi connectivity index (χ4v) is 6.80. The van der Waals surface area contributed by atoms with Gasteiger partial charge in [0.05, 0.1) is 13.1 Å². The topological polar surface area (TPSA) is 8.81 Å². The standard InChI is InChI=1S/C40H79N2/c1-4-7-9-11-13-15-17-19-21-22-23-25-27-29-31-33-35-37-42-39-38-41(40(42)6-3)36-34-32-30-28-26-24-20-18-16-14-12-10-8-5-2/h38-39H,4-37H2,1-3H3/q+1. The summed E-state index contributed by atoms with van der Waals surface area (Å²) < 4.78 is 5.10. The van der Waals surface area contributed by atoms with Crippen LogP contribution in [0.1, 0.15) is 226 Å². The Bertz CT molecular complexity index is 648. The number of imidazole rings is 1. The predicted octanol–water partition coefficient (Wildman–Crippen LogP) is 13.5. The van der Waals surface area contributed by atoms with Gasteiger partial charge in [-0.15, -0.1) is 0 Å². The lowest BCUT2D eigenvalue weighted by Crippen LogP contribution is -2.37. The first-order valence-corrected chi connectivity index (χ1v) is 19.9. The summed E-state index contributed by atoms with van der Waals surface area (Å²) in [5, 5.41) is 0. The van der Waals surface area contributed by atoms with E-state index in [1.165, 1.54) is 212 Å². The zero-order valence-corrected chi connectivity index (χ0v) is 29.6. The van der Waals surface area contributed by atoms with Gasteiger partial charge in [0.2, 0.25) is 0 Å². The van der Waals surface area contributed by atoms with Crippen LogP contribution in [0.3, 0.4) is 0 Å². The highest BCUT2D eigenvalue weighted by atomic mass is 15.1. The molecule has 0 saturated carbocycles. The molecule has 248 valence electrons. The SMILES string of the molecule is CCCCCCCCCCCCCCCCCCC[n+]1ccn(CCCCCCCCCCCCCCCC)c1CC. The molecule has 1 heterocycles. The average molecular weight is 588 g/mol. The molecule has 0 unspecified atom stereocenters. The molecule has 0 radical (unpaired) electrons. The van der Waals surface area contributed by atoms with Gasteiger partial charge in [-0.3, -0.25) is 0 Å². The van der Waals surface area contributed by atoms with Crippen LogP contribution >= 0.6 is 0 Å². The van der Waals surface area contributed by atoms with Crippen molar-refractivity contribution < 1.29 is 4.57 Å². The Labute approximate surface area is 266 Å². The fraction of sp³-hybridized carbons (Fsp3) is 0.925. The summed E-state index contributed by atoms with van der Waals surface area (Å²) in [6, 6.07) is 0. The fourth-order valence-electron chi connectivity index (χ4n) is 6.80. The van der Waals surface area contributed by atoms with Gasteiger partial charge >= 0.3 is 0 Å². The van der Waals surface area contributed by atoms with Crippen LogP contribution in [0.2, 0.25) is 0 Å². The van der Waals surface area contributed by atoms with Gasteiger partial charge in [0.25, 0.3) is 5.82 Å². The van der Waals surface area contributed by atoms with Gasteiger partial charge < -0.3 is 0 Å². The highest BCUT2D eigenvalue weighted by molar-refractivity contribution is 4.83. The van der Waals surface area contributed by atoms with E-state index in [0.29, 0.717) is 0 Å². The minimum Gasteiger partial charge on any atom is -0.234 e. The Kier molecular flexibility index (Phi) is 29.5. The summed E-state index contributed by atoms with van der Waals surface area (Å²) >= 11 is 0. The largest absolute Gasteiger partial charge is 0.256 e. The molecule has 0 N–H and O–H groups in total. The van der Waals surface area contributed by atoms with E-state index in [-0.39, 0.29) is 0 Å². The first-order valence-electron chi connectivity index (χ1n) is 19.9. The summed E-state index contributed by atoms with van der Waals surface area (Å²) in [6.45, 7) is 9.38. The lowest BCUT2D eigenvalue weighted by molar-refractivity contribution is -0.704. The molecule has 2 nitrogen and oxygen atoms in total. The number of hydrogen-bond donors (Lipinski definition) is 0. The van der Waals surface area contributed by atoms with E-state index in [1.54, 1.807) is 5.82 Å². The van der Waals surface area contributed by atoms with Crippen molar-refractivity contribution in [3.8, 4) is 0 Å². The van der Waals surface area contributed by atoms with E-state index < -0.39 is 0 Å². The molecule has 0 atom stereocenters. The Morgan fingerprint density at radius 3 is 1.05 bits per heavy atom. The van der Waals surface area contributed by atoms with Gasteiger partial charge in [0.15, 0.2) is 0 Å². The van der Waals surface area contributed by atoms with E-state index in [1.807, 2.05) is 0 Å². The molecule has 0 aliphatic heterocycles.